The van der Waals surface area contributed by atoms with E-state index >= 15 is 0 Å². The van der Waals surface area contributed by atoms with Crippen molar-refractivity contribution in [1.29, 1.82) is 0 Å². The summed E-state index contributed by atoms with van der Waals surface area (Å²) < 4.78 is 0. The van der Waals surface area contributed by atoms with Crippen LogP contribution in [0.2, 0.25) is 0 Å². The highest BCUT2D eigenvalue weighted by Gasteiger charge is 2.19. The maximum absolute atomic E-state index is 11.8. The number of carbonyl (C=O) groups is 1. The van der Waals surface area contributed by atoms with Crippen molar-refractivity contribution in [3.05, 3.63) is 35.4 Å². The summed E-state index contributed by atoms with van der Waals surface area (Å²) in [5.41, 5.74) is 2.40. The number of nitrogens with one attached hydrogen (secondary N) is 2. The fraction of sp³-hybridized carbons (Fsp3) is 0.652. The molecule has 5 heteroatoms. The van der Waals surface area contributed by atoms with Crippen LogP contribution in [0.1, 0.15) is 69.9 Å². The van der Waals surface area contributed by atoms with Crippen molar-refractivity contribution in [2.75, 3.05) is 20.1 Å². The number of guanidine groups is 1. The Morgan fingerprint density at radius 3 is 2.64 bits per heavy atom. The van der Waals surface area contributed by atoms with Crippen LogP contribution in [0.3, 0.4) is 0 Å². The van der Waals surface area contributed by atoms with Crippen LogP contribution in [0.25, 0.3) is 0 Å². The lowest BCUT2D eigenvalue weighted by atomic mass is 10.0. The Kier molecular flexibility index (Phi) is 9.87. The minimum absolute atomic E-state index is 0.275. The lowest BCUT2D eigenvalue weighted by Gasteiger charge is -2.16. The number of rotatable bonds is 11. The highest BCUT2D eigenvalue weighted by atomic mass is 16.2. The number of benzene rings is 1. The zero-order valence-corrected chi connectivity index (χ0v) is 18.0. The standard InChI is InChI=1S/C23H38N4O/c1-19(2)10-6-4-5-7-14-25-23(24-3)26-17-20-11-8-12-21(16-20)18-27-15-9-13-22(27)28/h8,11-12,16,19H,4-7,9-10,13-15,17-18H2,1-3H3,(H2,24,25,26). The van der Waals surface area contributed by atoms with Crippen LogP contribution < -0.4 is 10.6 Å². The van der Waals surface area contributed by atoms with Crippen LogP contribution in [0.5, 0.6) is 0 Å². The van der Waals surface area contributed by atoms with Gasteiger partial charge in [-0.15, -0.1) is 0 Å². The minimum atomic E-state index is 0.275. The first kappa shape index (κ1) is 22.3. The van der Waals surface area contributed by atoms with Gasteiger partial charge >= 0.3 is 0 Å². The molecule has 2 rings (SSSR count). The lowest BCUT2D eigenvalue weighted by Crippen LogP contribution is -2.37. The molecule has 156 valence electrons. The molecule has 0 aliphatic carbocycles. The molecule has 1 aliphatic rings. The first-order valence-corrected chi connectivity index (χ1v) is 10.9. The van der Waals surface area contributed by atoms with E-state index in [-0.39, 0.29) is 5.91 Å². The first-order valence-electron chi connectivity index (χ1n) is 10.9. The normalized spacial score (nSPS) is 14.8. The summed E-state index contributed by atoms with van der Waals surface area (Å²) in [7, 11) is 1.81. The molecule has 0 saturated carbocycles. The average molecular weight is 387 g/mol. The number of amides is 1. The van der Waals surface area contributed by atoms with Gasteiger partial charge in [0.2, 0.25) is 5.91 Å². The van der Waals surface area contributed by atoms with Gasteiger partial charge < -0.3 is 15.5 Å². The predicted octanol–water partition coefficient (Wildman–Crippen LogP) is 4.08. The molecule has 28 heavy (non-hydrogen) atoms. The Bertz CT molecular complexity index is 627. The van der Waals surface area contributed by atoms with Gasteiger partial charge in [0.25, 0.3) is 0 Å². The van der Waals surface area contributed by atoms with Crippen molar-refractivity contribution in [1.82, 2.24) is 15.5 Å². The molecule has 0 spiro atoms. The quantitative estimate of drug-likeness (QED) is 0.342. The summed E-state index contributed by atoms with van der Waals surface area (Å²) >= 11 is 0. The highest BCUT2D eigenvalue weighted by molar-refractivity contribution is 5.79. The van der Waals surface area contributed by atoms with Crippen molar-refractivity contribution in [2.24, 2.45) is 10.9 Å². The van der Waals surface area contributed by atoms with Crippen LogP contribution in [0.4, 0.5) is 0 Å². The van der Waals surface area contributed by atoms with E-state index in [0.717, 1.165) is 44.5 Å². The number of hydrogen-bond donors (Lipinski definition) is 2. The zero-order chi connectivity index (χ0) is 20.2. The Morgan fingerprint density at radius 1 is 1.14 bits per heavy atom. The molecule has 0 radical (unpaired) electrons. The molecular weight excluding hydrogens is 348 g/mol. The second kappa shape index (κ2) is 12.4. The van der Waals surface area contributed by atoms with E-state index in [1.165, 1.54) is 43.2 Å². The lowest BCUT2D eigenvalue weighted by molar-refractivity contribution is -0.128. The van der Waals surface area contributed by atoms with E-state index in [9.17, 15) is 4.79 Å². The summed E-state index contributed by atoms with van der Waals surface area (Å²) in [4.78, 5) is 18.1. The molecule has 5 nitrogen and oxygen atoms in total. The molecule has 2 N–H and O–H groups in total. The molecule has 1 amide bonds. The Labute approximate surface area is 171 Å². The molecule has 1 aromatic rings. The molecular formula is C23H38N4O. The molecule has 0 atom stereocenters. The van der Waals surface area contributed by atoms with Gasteiger partial charge in [-0.2, -0.15) is 0 Å². The third-order valence-corrected chi connectivity index (χ3v) is 5.22. The summed E-state index contributed by atoms with van der Waals surface area (Å²) in [6.45, 7) is 7.87. The van der Waals surface area contributed by atoms with Crippen LogP contribution in [-0.2, 0) is 17.9 Å². The van der Waals surface area contributed by atoms with Crippen LogP contribution in [0, 0.1) is 5.92 Å². The van der Waals surface area contributed by atoms with Gasteiger partial charge in [-0.1, -0.05) is 63.8 Å². The highest BCUT2D eigenvalue weighted by Crippen LogP contribution is 2.15. The number of carbonyl (C=O) groups excluding carboxylic acids is 1. The van der Waals surface area contributed by atoms with Crippen molar-refractivity contribution < 1.29 is 4.79 Å². The van der Waals surface area contributed by atoms with Gasteiger partial charge in [-0.05, 0) is 29.9 Å². The summed E-state index contributed by atoms with van der Waals surface area (Å²) in [6.07, 6.45) is 8.12. The predicted molar refractivity (Wildman–Crippen MR) is 117 cm³/mol. The average Bonchev–Trinajstić information content (AvgIpc) is 3.08. The molecule has 1 saturated heterocycles. The smallest absolute Gasteiger partial charge is 0.222 e. The van der Waals surface area contributed by atoms with E-state index in [1.54, 1.807) is 0 Å². The van der Waals surface area contributed by atoms with Gasteiger partial charge in [-0.25, -0.2) is 0 Å². The summed E-state index contributed by atoms with van der Waals surface area (Å²) in [5, 5.41) is 6.80. The second-order valence-electron chi connectivity index (χ2n) is 8.19. The Morgan fingerprint density at radius 2 is 1.93 bits per heavy atom. The molecule has 1 heterocycles. The summed E-state index contributed by atoms with van der Waals surface area (Å²) in [6, 6.07) is 8.46. The number of likely N-dealkylation sites (tertiary alicyclic amines) is 1. The van der Waals surface area contributed by atoms with E-state index in [4.69, 9.17) is 0 Å². The molecule has 1 aliphatic heterocycles. The van der Waals surface area contributed by atoms with E-state index < -0.39 is 0 Å². The Balaban J connectivity index is 1.67. The van der Waals surface area contributed by atoms with Gasteiger partial charge in [0, 0.05) is 39.6 Å². The monoisotopic (exact) mass is 386 g/mol. The SMILES string of the molecule is CN=C(NCCCCCCC(C)C)NCc1cccc(CN2CCCC2=O)c1. The zero-order valence-electron chi connectivity index (χ0n) is 18.0. The third-order valence-electron chi connectivity index (χ3n) is 5.22. The van der Waals surface area contributed by atoms with E-state index in [1.807, 2.05) is 11.9 Å². The van der Waals surface area contributed by atoms with Crippen molar-refractivity contribution in [3.63, 3.8) is 0 Å². The molecule has 0 bridgehead atoms. The van der Waals surface area contributed by atoms with Gasteiger partial charge in [0.05, 0.1) is 0 Å². The van der Waals surface area contributed by atoms with E-state index in [2.05, 4.69) is 53.7 Å². The van der Waals surface area contributed by atoms with Crippen molar-refractivity contribution >= 4 is 11.9 Å². The maximum atomic E-state index is 11.8. The van der Waals surface area contributed by atoms with Crippen molar-refractivity contribution in [3.8, 4) is 0 Å². The number of aliphatic imine (C=N–C) groups is 1. The number of unbranched alkanes of at least 4 members (excludes halogenated alkanes) is 3. The maximum Gasteiger partial charge on any atom is 0.222 e. The van der Waals surface area contributed by atoms with Crippen LogP contribution >= 0.6 is 0 Å². The van der Waals surface area contributed by atoms with Crippen molar-refractivity contribution in [2.45, 2.75) is 71.9 Å². The topological polar surface area (TPSA) is 56.7 Å². The number of hydrogen-bond acceptors (Lipinski definition) is 2. The summed E-state index contributed by atoms with van der Waals surface area (Å²) in [5.74, 6) is 1.94. The van der Waals surface area contributed by atoms with Gasteiger partial charge in [0.1, 0.15) is 0 Å². The molecule has 0 unspecified atom stereocenters. The largest absolute Gasteiger partial charge is 0.356 e. The number of nitrogens with zero attached hydrogens (tertiary/aromatic N) is 2. The minimum Gasteiger partial charge on any atom is -0.356 e. The van der Waals surface area contributed by atoms with Crippen LogP contribution in [-0.4, -0.2) is 36.9 Å². The second-order valence-corrected chi connectivity index (χ2v) is 8.19. The van der Waals surface area contributed by atoms with Gasteiger partial charge in [-0.3, -0.25) is 9.79 Å². The molecule has 1 aromatic carbocycles. The first-order chi connectivity index (χ1) is 13.6. The molecule has 0 aromatic heterocycles. The van der Waals surface area contributed by atoms with Gasteiger partial charge in [0.15, 0.2) is 5.96 Å². The molecule has 1 fully saturated rings. The van der Waals surface area contributed by atoms with Crippen LogP contribution in [0.15, 0.2) is 29.3 Å². The Hall–Kier alpha value is -2.04. The fourth-order valence-electron chi connectivity index (χ4n) is 3.57. The fourth-order valence-corrected chi connectivity index (χ4v) is 3.57. The third kappa shape index (κ3) is 8.32. The van der Waals surface area contributed by atoms with E-state index in [0.29, 0.717) is 6.42 Å².